The molecule has 2 rings (SSSR count). The van der Waals surface area contributed by atoms with E-state index in [0.29, 0.717) is 12.1 Å². The van der Waals surface area contributed by atoms with Gasteiger partial charge in [-0.1, -0.05) is 0 Å². The number of H-pyrrole nitrogens is 1. The zero-order valence-electron chi connectivity index (χ0n) is 8.95. The van der Waals surface area contributed by atoms with Crippen LogP contribution in [0, 0.1) is 0 Å². The smallest absolute Gasteiger partial charge is 0.221 e. The Morgan fingerprint density at radius 1 is 1.56 bits per heavy atom. The first-order valence-electron chi connectivity index (χ1n) is 5.06. The van der Waals surface area contributed by atoms with Crippen LogP contribution < -0.4 is 5.32 Å². The van der Waals surface area contributed by atoms with Gasteiger partial charge in [-0.15, -0.1) is 0 Å². The number of pyridine rings is 1. The Morgan fingerprint density at radius 3 is 3.06 bits per heavy atom. The number of aliphatic hydroxyl groups excluding tert-OH is 1. The Morgan fingerprint density at radius 2 is 2.38 bits per heavy atom. The molecule has 0 aliphatic heterocycles. The third-order valence-electron chi connectivity index (χ3n) is 2.26. The average Bonchev–Trinajstić information content (AvgIpc) is 2.61. The summed E-state index contributed by atoms with van der Waals surface area (Å²) >= 11 is 0. The first-order chi connectivity index (χ1) is 7.70. The minimum atomic E-state index is -0.129. The Bertz CT molecular complexity index is 519. The molecule has 1 amide bonds. The summed E-state index contributed by atoms with van der Waals surface area (Å²) in [6.07, 6.45) is 2.22. The van der Waals surface area contributed by atoms with Gasteiger partial charge in [-0.2, -0.15) is 0 Å². The quantitative estimate of drug-likeness (QED) is 0.722. The highest BCUT2D eigenvalue weighted by Gasteiger charge is 2.07. The molecule has 0 bridgehead atoms. The number of hydrogen-bond donors (Lipinski definition) is 3. The fourth-order valence-corrected chi connectivity index (χ4v) is 1.58. The predicted molar refractivity (Wildman–Crippen MR) is 61.2 cm³/mol. The van der Waals surface area contributed by atoms with Gasteiger partial charge < -0.3 is 15.4 Å². The second-order valence-electron chi connectivity index (χ2n) is 3.56. The van der Waals surface area contributed by atoms with Crippen molar-refractivity contribution in [3.8, 4) is 0 Å². The Labute approximate surface area is 92.5 Å². The largest absolute Gasteiger partial charge is 0.396 e. The van der Waals surface area contributed by atoms with Crippen molar-refractivity contribution < 1.29 is 9.90 Å². The number of amides is 1. The van der Waals surface area contributed by atoms with E-state index in [1.807, 2.05) is 12.1 Å². The van der Waals surface area contributed by atoms with Gasteiger partial charge in [-0.25, -0.2) is 4.98 Å². The van der Waals surface area contributed by atoms with Gasteiger partial charge in [0, 0.05) is 31.8 Å². The van der Waals surface area contributed by atoms with Gasteiger partial charge >= 0.3 is 0 Å². The molecule has 0 spiro atoms. The van der Waals surface area contributed by atoms with Gasteiger partial charge in [0.05, 0.1) is 11.2 Å². The SMILES string of the molecule is CC(=O)Nc1c[nH]c2ccc(CCO)nc12. The molecule has 0 aliphatic carbocycles. The molecule has 0 saturated carbocycles. The van der Waals surface area contributed by atoms with E-state index in [-0.39, 0.29) is 12.5 Å². The molecule has 0 fully saturated rings. The Hall–Kier alpha value is -1.88. The summed E-state index contributed by atoms with van der Waals surface area (Å²) in [5.74, 6) is -0.129. The molecule has 84 valence electrons. The minimum absolute atomic E-state index is 0.0679. The van der Waals surface area contributed by atoms with Crippen LogP contribution in [0.1, 0.15) is 12.6 Å². The van der Waals surface area contributed by atoms with Gasteiger partial charge in [0.2, 0.25) is 5.91 Å². The lowest BCUT2D eigenvalue weighted by Gasteiger charge is -2.01. The maximum atomic E-state index is 11.0. The van der Waals surface area contributed by atoms with Crippen LogP contribution in [0.25, 0.3) is 11.0 Å². The normalized spacial score (nSPS) is 10.6. The monoisotopic (exact) mass is 219 g/mol. The molecule has 5 heteroatoms. The summed E-state index contributed by atoms with van der Waals surface area (Å²) < 4.78 is 0. The summed E-state index contributed by atoms with van der Waals surface area (Å²) in [5, 5.41) is 11.5. The summed E-state index contributed by atoms with van der Waals surface area (Å²) in [7, 11) is 0. The van der Waals surface area contributed by atoms with Crippen LogP contribution in [-0.4, -0.2) is 27.6 Å². The molecule has 2 aromatic heterocycles. The first-order valence-corrected chi connectivity index (χ1v) is 5.06. The third-order valence-corrected chi connectivity index (χ3v) is 2.26. The van der Waals surface area contributed by atoms with Crippen LogP contribution in [0.4, 0.5) is 5.69 Å². The molecule has 16 heavy (non-hydrogen) atoms. The van der Waals surface area contributed by atoms with Crippen molar-refractivity contribution in [1.82, 2.24) is 9.97 Å². The first kappa shape index (κ1) is 10.6. The lowest BCUT2D eigenvalue weighted by Crippen LogP contribution is -2.05. The Kier molecular flexibility index (Phi) is 2.87. The maximum absolute atomic E-state index is 11.0. The molecular formula is C11H13N3O2. The molecule has 5 nitrogen and oxygen atoms in total. The molecule has 0 radical (unpaired) electrons. The molecular weight excluding hydrogens is 206 g/mol. The van der Waals surface area contributed by atoms with Gasteiger partial charge in [-0.05, 0) is 12.1 Å². The fourth-order valence-electron chi connectivity index (χ4n) is 1.58. The predicted octanol–water partition coefficient (Wildman–Crippen LogP) is 1.06. The number of nitrogens with zero attached hydrogens (tertiary/aromatic N) is 1. The van der Waals surface area contributed by atoms with E-state index >= 15 is 0 Å². The minimum Gasteiger partial charge on any atom is -0.396 e. The van der Waals surface area contributed by atoms with E-state index in [0.717, 1.165) is 16.7 Å². The molecule has 0 aliphatic rings. The second-order valence-corrected chi connectivity index (χ2v) is 3.56. The summed E-state index contributed by atoms with van der Waals surface area (Å²) in [6.45, 7) is 1.52. The lowest BCUT2D eigenvalue weighted by molar-refractivity contribution is -0.114. The summed E-state index contributed by atoms with van der Waals surface area (Å²) in [6, 6.07) is 3.74. The van der Waals surface area contributed by atoms with Crippen molar-refractivity contribution in [3.63, 3.8) is 0 Å². The highest BCUT2D eigenvalue weighted by atomic mass is 16.3. The van der Waals surface area contributed by atoms with E-state index < -0.39 is 0 Å². The number of hydrogen-bond acceptors (Lipinski definition) is 3. The number of fused-ring (bicyclic) bond motifs is 1. The van der Waals surface area contributed by atoms with Crippen molar-refractivity contribution in [2.45, 2.75) is 13.3 Å². The molecule has 2 heterocycles. The van der Waals surface area contributed by atoms with E-state index in [2.05, 4.69) is 15.3 Å². The summed E-state index contributed by atoms with van der Waals surface area (Å²) in [4.78, 5) is 18.4. The lowest BCUT2D eigenvalue weighted by atomic mass is 10.2. The van der Waals surface area contributed by atoms with E-state index in [9.17, 15) is 4.79 Å². The number of aromatic nitrogens is 2. The fraction of sp³-hybridized carbons (Fsp3) is 0.273. The number of aromatic amines is 1. The van der Waals surface area contributed by atoms with Crippen LogP contribution >= 0.6 is 0 Å². The van der Waals surface area contributed by atoms with Crippen molar-refractivity contribution in [1.29, 1.82) is 0 Å². The highest BCUT2D eigenvalue weighted by Crippen LogP contribution is 2.21. The van der Waals surface area contributed by atoms with E-state index in [1.54, 1.807) is 6.20 Å². The number of anilines is 1. The zero-order valence-corrected chi connectivity index (χ0v) is 8.95. The van der Waals surface area contributed by atoms with Crippen molar-refractivity contribution in [2.75, 3.05) is 11.9 Å². The van der Waals surface area contributed by atoms with Crippen molar-refractivity contribution in [2.24, 2.45) is 0 Å². The number of rotatable bonds is 3. The highest BCUT2D eigenvalue weighted by molar-refractivity contribution is 5.98. The molecule has 0 saturated heterocycles. The molecule has 0 unspecified atom stereocenters. The average molecular weight is 219 g/mol. The molecule has 0 atom stereocenters. The number of carbonyl (C=O) groups is 1. The third kappa shape index (κ3) is 2.04. The Balaban J connectivity index is 2.42. The van der Waals surface area contributed by atoms with Crippen molar-refractivity contribution in [3.05, 3.63) is 24.0 Å². The van der Waals surface area contributed by atoms with Gasteiger partial charge in [0.15, 0.2) is 0 Å². The molecule has 2 aromatic rings. The standard InChI is InChI=1S/C11H13N3O2/c1-7(16)13-10-6-12-9-3-2-8(4-5-15)14-11(9)10/h2-3,6,12,15H,4-5H2,1H3,(H,13,16). The number of carbonyl (C=O) groups excluding carboxylic acids is 1. The van der Waals surface area contributed by atoms with Gasteiger partial charge in [0.1, 0.15) is 5.52 Å². The van der Waals surface area contributed by atoms with Crippen molar-refractivity contribution >= 4 is 22.6 Å². The van der Waals surface area contributed by atoms with Crippen LogP contribution in [0.15, 0.2) is 18.3 Å². The number of aliphatic hydroxyl groups is 1. The second kappa shape index (κ2) is 4.32. The van der Waals surface area contributed by atoms with Crippen LogP contribution in [0.5, 0.6) is 0 Å². The topological polar surface area (TPSA) is 78.0 Å². The molecule has 0 aromatic carbocycles. The summed E-state index contributed by atoms with van der Waals surface area (Å²) in [5.41, 5.74) is 3.06. The number of nitrogens with one attached hydrogen (secondary N) is 2. The van der Waals surface area contributed by atoms with E-state index in [4.69, 9.17) is 5.11 Å². The molecule has 3 N–H and O–H groups in total. The van der Waals surface area contributed by atoms with Crippen LogP contribution in [0.3, 0.4) is 0 Å². The van der Waals surface area contributed by atoms with Gasteiger partial charge in [0.25, 0.3) is 0 Å². The van der Waals surface area contributed by atoms with E-state index in [1.165, 1.54) is 6.92 Å². The van der Waals surface area contributed by atoms with Crippen LogP contribution in [0.2, 0.25) is 0 Å². The zero-order chi connectivity index (χ0) is 11.5. The van der Waals surface area contributed by atoms with Gasteiger partial charge in [-0.3, -0.25) is 4.79 Å². The van der Waals surface area contributed by atoms with Crippen LogP contribution in [-0.2, 0) is 11.2 Å². The maximum Gasteiger partial charge on any atom is 0.221 e.